The van der Waals surface area contributed by atoms with Gasteiger partial charge >= 0.3 is 0 Å². The van der Waals surface area contributed by atoms with Crippen LogP contribution in [0, 0.1) is 0 Å². The predicted molar refractivity (Wildman–Crippen MR) is 93.3 cm³/mol. The van der Waals surface area contributed by atoms with E-state index < -0.39 is 0 Å². The standard InChI is InChI=1S/C18H17BrN2O2/c1-2-3-12-22-16-10-6-13(7-11-16)17-20-18(23-21-17)14-4-8-15(19)9-5-14/h4-11H,2-3,12H2,1H3. The molecule has 4 nitrogen and oxygen atoms in total. The van der Waals surface area contributed by atoms with Gasteiger partial charge in [0.25, 0.3) is 5.89 Å². The fraction of sp³-hybridized carbons (Fsp3) is 0.222. The van der Waals surface area contributed by atoms with Gasteiger partial charge in [-0.1, -0.05) is 34.4 Å². The first-order valence-corrected chi connectivity index (χ1v) is 8.38. The van der Waals surface area contributed by atoms with Crippen LogP contribution in [0.2, 0.25) is 0 Å². The van der Waals surface area contributed by atoms with Crippen LogP contribution in [0.25, 0.3) is 22.8 Å². The lowest BCUT2D eigenvalue weighted by atomic mass is 10.2. The minimum atomic E-state index is 0.510. The molecule has 118 valence electrons. The van der Waals surface area contributed by atoms with Crippen molar-refractivity contribution in [3.05, 3.63) is 53.0 Å². The summed E-state index contributed by atoms with van der Waals surface area (Å²) < 4.78 is 12.0. The molecule has 0 N–H and O–H groups in total. The first kappa shape index (κ1) is 15.7. The molecule has 0 aliphatic carbocycles. The highest BCUT2D eigenvalue weighted by atomic mass is 79.9. The van der Waals surface area contributed by atoms with E-state index in [1.165, 1.54) is 0 Å². The molecule has 0 fully saturated rings. The van der Waals surface area contributed by atoms with Crippen molar-refractivity contribution in [3.8, 4) is 28.6 Å². The number of unbranched alkanes of at least 4 members (excludes halogenated alkanes) is 1. The highest BCUT2D eigenvalue weighted by molar-refractivity contribution is 9.10. The van der Waals surface area contributed by atoms with E-state index in [0.29, 0.717) is 11.7 Å². The van der Waals surface area contributed by atoms with Crippen LogP contribution < -0.4 is 4.74 Å². The summed E-state index contributed by atoms with van der Waals surface area (Å²) in [4.78, 5) is 4.45. The molecular formula is C18H17BrN2O2. The first-order chi connectivity index (χ1) is 11.3. The number of halogens is 1. The van der Waals surface area contributed by atoms with Crippen LogP contribution in [0.4, 0.5) is 0 Å². The number of hydrogen-bond acceptors (Lipinski definition) is 4. The van der Waals surface area contributed by atoms with E-state index in [4.69, 9.17) is 9.26 Å². The lowest BCUT2D eigenvalue weighted by Crippen LogP contribution is -1.96. The summed E-state index contributed by atoms with van der Waals surface area (Å²) in [5.74, 6) is 1.94. The molecule has 0 radical (unpaired) electrons. The highest BCUT2D eigenvalue weighted by Crippen LogP contribution is 2.25. The third-order valence-electron chi connectivity index (χ3n) is 3.40. The number of hydrogen-bond donors (Lipinski definition) is 0. The molecule has 0 saturated carbocycles. The minimum absolute atomic E-state index is 0.510. The maximum Gasteiger partial charge on any atom is 0.258 e. The van der Waals surface area contributed by atoms with Crippen molar-refractivity contribution in [3.63, 3.8) is 0 Å². The SMILES string of the molecule is CCCCOc1ccc(-c2noc(-c3ccc(Br)cc3)n2)cc1. The molecule has 0 unspecified atom stereocenters. The summed E-state index contributed by atoms with van der Waals surface area (Å²) in [6.07, 6.45) is 2.18. The zero-order chi connectivity index (χ0) is 16.1. The van der Waals surface area contributed by atoms with E-state index in [2.05, 4.69) is 33.0 Å². The summed E-state index contributed by atoms with van der Waals surface area (Å²) >= 11 is 3.41. The Balaban J connectivity index is 1.73. The van der Waals surface area contributed by atoms with E-state index in [9.17, 15) is 0 Å². The largest absolute Gasteiger partial charge is 0.494 e. The molecule has 0 amide bonds. The van der Waals surface area contributed by atoms with Gasteiger partial charge in [-0.25, -0.2) is 0 Å². The van der Waals surface area contributed by atoms with Gasteiger partial charge < -0.3 is 9.26 Å². The number of aromatic nitrogens is 2. The topological polar surface area (TPSA) is 48.2 Å². The molecule has 1 heterocycles. The summed E-state index contributed by atoms with van der Waals surface area (Å²) in [5, 5.41) is 4.05. The monoisotopic (exact) mass is 372 g/mol. The van der Waals surface area contributed by atoms with Crippen LogP contribution in [0.1, 0.15) is 19.8 Å². The maximum absolute atomic E-state index is 5.65. The van der Waals surface area contributed by atoms with Crippen LogP contribution in [0.5, 0.6) is 5.75 Å². The van der Waals surface area contributed by atoms with E-state index in [-0.39, 0.29) is 0 Å². The van der Waals surface area contributed by atoms with E-state index in [1.807, 2.05) is 48.5 Å². The van der Waals surface area contributed by atoms with Crippen LogP contribution >= 0.6 is 15.9 Å². The van der Waals surface area contributed by atoms with Crippen molar-refractivity contribution >= 4 is 15.9 Å². The maximum atomic E-state index is 5.65. The highest BCUT2D eigenvalue weighted by Gasteiger charge is 2.10. The molecule has 0 bridgehead atoms. The fourth-order valence-corrected chi connectivity index (χ4v) is 2.35. The molecule has 0 aliphatic heterocycles. The number of ether oxygens (including phenoxy) is 1. The van der Waals surface area contributed by atoms with Crippen LogP contribution in [-0.4, -0.2) is 16.7 Å². The third-order valence-corrected chi connectivity index (χ3v) is 3.92. The molecule has 1 aromatic heterocycles. The smallest absolute Gasteiger partial charge is 0.258 e. The molecule has 0 saturated heterocycles. The average Bonchev–Trinajstić information content (AvgIpc) is 3.06. The Morgan fingerprint density at radius 3 is 2.39 bits per heavy atom. The van der Waals surface area contributed by atoms with Crippen LogP contribution in [0.3, 0.4) is 0 Å². The summed E-state index contributed by atoms with van der Waals surface area (Å²) in [7, 11) is 0. The summed E-state index contributed by atoms with van der Waals surface area (Å²) in [6.45, 7) is 2.89. The zero-order valence-electron chi connectivity index (χ0n) is 12.8. The normalized spacial score (nSPS) is 10.7. The van der Waals surface area contributed by atoms with Gasteiger partial charge in [-0.05, 0) is 55.0 Å². The number of nitrogens with zero attached hydrogens (tertiary/aromatic N) is 2. The molecule has 0 aliphatic rings. The Kier molecular flexibility index (Phi) is 5.08. The van der Waals surface area contributed by atoms with Crippen molar-refractivity contribution in [2.24, 2.45) is 0 Å². The van der Waals surface area contributed by atoms with Gasteiger partial charge in [0.15, 0.2) is 0 Å². The molecule has 3 aromatic rings. The van der Waals surface area contributed by atoms with E-state index in [1.54, 1.807) is 0 Å². The van der Waals surface area contributed by atoms with Gasteiger partial charge in [0.1, 0.15) is 5.75 Å². The molecular weight excluding hydrogens is 356 g/mol. The Labute approximate surface area is 143 Å². The quantitative estimate of drug-likeness (QED) is 0.547. The van der Waals surface area contributed by atoms with Crippen LogP contribution in [-0.2, 0) is 0 Å². The van der Waals surface area contributed by atoms with Crippen molar-refractivity contribution in [2.45, 2.75) is 19.8 Å². The third kappa shape index (κ3) is 3.99. The lowest BCUT2D eigenvalue weighted by Gasteiger charge is -2.04. The molecule has 2 aromatic carbocycles. The second-order valence-corrected chi connectivity index (χ2v) is 6.07. The second kappa shape index (κ2) is 7.42. The number of rotatable bonds is 6. The molecule has 0 spiro atoms. The predicted octanol–water partition coefficient (Wildman–Crippen LogP) is 5.35. The Morgan fingerprint density at radius 2 is 1.70 bits per heavy atom. The zero-order valence-corrected chi connectivity index (χ0v) is 14.4. The van der Waals surface area contributed by atoms with Gasteiger partial charge in [-0.2, -0.15) is 4.98 Å². The summed E-state index contributed by atoms with van der Waals surface area (Å²) in [5.41, 5.74) is 1.80. The van der Waals surface area contributed by atoms with Crippen molar-refractivity contribution in [1.82, 2.24) is 10.1 Å². The van der Waals surface area contributed by atoms with Crippen molar-refractivity contribution in [2.75, 3.05) is 6.61 Å². The molecule has 3 rings (SSSR count). The molecule has 0 atom stereocenters. The Bertz CT molecular complexity index is 751. The van der Waals surface area contributed by atoms with Gasteiger partial charge in [0.05, 0.1) is 6.61 Å². The van der Waals surface area contributed by atoms with E-state index in [0.717, 1.165) is 40.8 Å². The van der Waals surface area contributed by atoms with Crippen molar-refractivity contribution in [1.29, 1.82) is 0 Å². The minimum Gasteiger partial charge on any atom is -0.494 e. The van der Waals surface area contributed by atoms with Gasteiger partial charge in [-0.15, -0.1) is 0 Å². The Hall–Kier alpha value is -2.14. The summed E-state index contributed by atoms with van der Waals surface area (Å²) in [6, 6.07) is 15.5. The molecule has 5 heteroatoms. The van der Waals surface area contributed by atoms with Gasteiger partial charge in [0, 0.05) is 15.6 Å². The van der Waals surface area contributed by atoms with Crippen LogP contribution in [0.15, 0.2) is 57.5 Å². The second-order valence-electron chi connectivity index (χ2n) is 5.16. The Morgan fingerprint density at radius 1 is 1.00 bits per heavy atom. The van der Waals surface area contributed by atoms with E-state index >= 15 is 0 Å². The fourth-order valence-electron chi connectivity index (χ4n) is 2.09. The lowest BCUT2D eigenvalue weighted by molar-refractivity contribution is 0.309. The van der Waals surface area contributed by atoms with Crippen molar-refractivity contribution < 1.29 is 9.26 Å². The van der Waals surface area contributed by atoms with Gasteiger partial charge in [-0.3, -0.25) is 0 Å². The van der Waals surface area contributed by atoms with Gasteiger partial charge in [0.2, 0.25) is 5.82 Å². The number of benzene rings is 2. The average molecular weight is 373 g/mol. The first-order valence-electron chi connectivity index (χ1n) is 7.59. The molecule has 23 heavy (non-hydrogen) atoms.